The summed E-state index contributed by atoms with van der Waals surface area (Å²) in [4.78, 5) is 23.4. The second-order valence-electron chi connectivity index (χ2n) is 6.79. The van der Waals surface area contributed by atoms with Crippen LogP contribution < -0.4 is 0 Å². The van der Waals surface area contributed by atoms with Crippen molar-refractivity contribution in [2.45, 2.75) is 18.8 Å². The Bertz CT molecular complexity index is 945. The Morgan fingerprint density at radius 3 is 2.81 bits per heavy atom. The summed E-state index contributed by atoms with van der Waals surface area (Å²) in [7, 11) is 0. The summed E-state index contributed by atoms with van der Waals surface area (Å²) in [5, 5.41) is 0. The number of rotatable bonds is 3. The Morgan fingerprint density at radius 2 is 2.00 bits per heavy atom. The van der Waals surface area contributed by atoms with Gasteiger partial charge in [-0.15, -0.1) is 0 Å². The van der Waals surface area contributed by atoms with Gasteiger partial charge in [0.05, 0.1) is 11.3 Å². The van der Waals surface area contributed by atoms with Gasteiger partial charge in [0.15, 0.2) is 0 Å². The van der Waals surface area contributed by atoms with Crippen LogP contribution in [0, 0.1) is 5.82 Å². The van der Waals surface area contributed by atoms with Gasteiger partial charge >= 0.3 is 0 Å². The number of amides is 1. The lowest BCUT2D eigenvalue weighted by molar-refractivity contribution is 0.0705. The van der Waals surface area contributed by atoms with E-state index >= 15 is 0 Å². The van der Waals surface area contributed by atoms with Crippen LogP contribution in [0.5, 0.6) is 0 Å². The maximum absolute atomic E-state index is 13.5. The summed E-state index contributed by atoms with van der Waals surface area (Å²) in [5.74, 6) is -0.0902. The lowest BCUT2D eigenvalue weighted by Crippen LogP contribution is -2.39. The first-order valence-corrected chi connectivity index (χ1v) is 9.13. The van der Waals surface area contributed by atoms with Crippen molar-refractivity contribution in [3.8, 4) is 11.3 Å². The number of pyridine rings is 2. The number of carbonyl (C=O) groups is 1. The summed E-state index contributed by atoms with van der Waals surface area (Å²) in [5.41, 5.74) is 3.07. The van der Waals surface area contributed by atoms with Gasteiger partial charge in [0.25, 0.3) is 5.91 Å². The topological polar surface area (TPSA) is 46.1 Å². The third-order valence-corrected chi connectivity index (χ3v) is 4.93. The van der Waals surface area contributed by atoms with E-state index < -0.39 is 0 Å². The summed E-state index contributed by atoms with van der Waals surface area (Å²) >= 11 is 0. The van der Waals surface area contributed by atoms with Crippen molar-refractivity contribution >= 4 is 5.91 Å². The predicted molar refractivity (Wildman–Crippen MR) is 102 cm³/mol. The van der Waals surface area contributed by atoms with E-state index in [0.29, 0.717) is 12.1 Å². The highest BCUT2D eigenvalue weighted by molar-refractivity contribution is 5.94. The molecule has 1 amide bonds. The third-order valence-electron chi connectivity index (χ3n) is 4.93. The first-order chi connectivity index (χ1) is 13.2. The van der Waals surface area contributed by atoms with Crippen LogP contribution >= 0.6 is 0 Å². The summed E-state index contributed by atoms with van der Waals surface area (Å²) in [6.45, 7) is 1.38. The highest BCUT2D eigenvalue weighted by Gasteiger charge is 2.26. The molecule has 3 heterocycles. The average Bonchev–Trinajstić information content (AvgIpc) is 2.74. The minimum Gasteiger partial charge on any atom is -0.338 e. The van der Waals surface area contributed by atoms with Crippen molar-refractivity contribution in [1.29, 1.82) is 0 Å². The molecule has 0 saturated carbocycles. The van der Waals surface area contributed by atoms with E-state index in [4.69, 9.17) is 4.98 Å². The minimum absolute atomic E-state index is 0.00841. The van der Waals surface area contributed by atoms with Gasteiger partial charge in [0.2, 0.25) is 0 Å². The Morgan fingerprint density at radius 1 is 1.11 bits per heavy atom. The molecule has 1 aromatic carbocycles. The van der Waals surface area contributed by atoms with Crippen LogP contribution in [0.15, 0.2) is 67.0 Å². The molecule has 1 fully saturated rings. The first kappa shape index (κ1) is 17.3. The van der Waals surface area contributed by atoms with E-state index in [1.807, 2.05) is 29.2 Å². The van der Waals surface area contributed by atoms with E-state index in [2.05, 4.69) is 4.98 Å². The molecule has 3 aromatic rings. The number of nitrogens with zero attached hydrogens (tertiary/aromatic N) is 3. The fourth-order valence-electron chi connectivity index (χ4n) is 3.56. The molecule has 1 aliphatic heterocycles. The quantitative estimate of drug-likeness (QED) is 0.699. The van der Waals surface area contributed by atoms with Crippen LogP contribution in [-0.2, 0) is 0 Å². The van der Waals surface area contributed by atoms with Gasteiger partial charge in [0.1, 0.15) is 5.82 Å². The Hall–Kier alpha value is -3.08. The van der Waals surface area contributed by atoms with Crippen LogP contribution in [-0.4, -0.2) is 33.9 Å². The smallest absolute Gasteiger partial charge is 0.255 e. The number of aromatic nitrogens is 2. The van der Waals surface area contributed by atoms with Crippen LogP contribution in [0.3, 0.4) is 0 Å². The van der Waals surface area contributed by atoms with Gasteiger partial charge in [-0.25, -0.2) is 4.39 Å². The van der Waals surface area contributed by atoms with Crippen molar-refractivity contribution in [1.82, 2.24) is 14.9 Å². The molecule has 4 nitrogen and oxygen atoms in total. The molecule has 0 radical (unpaired) electrons. The van der Waals surface area contributed by atoms with Crippen molar-refractivity contribution < 1.29 is 9.18 Å². The lowest BCUT2D eigenvalue weighted by Gasteiger charge is -2.32. The number of likely N-dealkylation sites (tertiary alicyclic amines) is 1. The zero-order valence-corrected chi connectivity index (χ0v) is 14.9. The number of carbonyl (C=O) groups excluding carboxylic acids is 1. The summed E-state index contributed by atoms with van der Waals surface area (Å²) in [6.07, 6.45) is 5.19. The molecule has 0 aliphatic carbocycles. The fourth-order valence-corrected chi connectivity index (χ4v) is 3.56. The standard InChI is InChI=1S/C22H20FN3O/c23-19-8-1-5-16(13-19)20-9-2-10-21(25-20)18-7-4-12-26(15-18)22(27)17-6-3-11-24-14-17/h1-3,5-6,8-11,13-14,18H,4,7,12,15H2. The van der Waals surface area contributed by atoms with E-state index in [0.717, 1.165) is 36.3 Å². The monoisotopic (exact) mass is 361 g/mol. The van der Waals surface area contributed by atoms with Crippen LogP contribution in [0.25, 0.3) is 11.3 Å². The number of hydrogen-bond donors (Lipinski definition) is 0. The molecule has 0 spiro atoms. The van der Waals surface area contributed by atoms with Gasteiger partial charge in [0, 0.05) is 42.7 Å². The van der Waals surface area contributed by atoms with Crippen LogP contribution in [0.1, 0.15) is 34.8 Å². The molecule has 1 saturated heterocycles. The molecule has 0 N–H and O–H groups in total. The van der Waals surface area contributed by atoms with Crippen molar-refractivity contribution in [3.05, 3.63) is 84.1 Å². The summed E-state index contributed by atoms with van der Waals surface area (Å²) < 4.78 is 13.5. The normalized spacial score (nSPS) is 16.9. The molecule has 2 aromatic heterocycles. The highest BCUT2D eigenvalue weighted by atomic mass is 19.1. The van der Waals surface area contributed by atoms with Gasteiger partial charge in [-0.2, -0.15) is 0 Å². The summed E-state index contributed by atoms with van der Waals surface area (Å²) in [6, 6.07) is 15.9. The molecule has 27 heavy (non-hydrogen) atoms. The molecule has 5 heteroatoms. The third kappa shape index (κ3) is 3.87. The van der Waals surface area contributed by atoms with E-state index in [1.54, 1.807) is 30.6 Å². The largest absolute Gasteiger partial charge is 0.338 e. The zero-order valence-electron chi connectivity index (χ0n) is 14.9. The lowest BCUT2D eigenvalue weighted by atomic mass is 9.93. The Balaban J connectivity index is 1.55. The molecular formula is C22H20FN3O. The maximum atomic E-state index is 13.5. The van der Waals surface area contributed by atoms with Gasteiger partial charge in [-0.1, -0.05) is 18.2 Å². The molecule has 1 unspecified atom stereocenters. The van der Waals surface area contributed by atoms with Crippen LogP contribution in [0.4, 0.5) is 4.39 Å². The van der Waals surface area contributed by atoms with Crippen molar-refractivity contribution in [3.63, 3.8) is 0 Å². The second kappa shape index (κ2) is 7.66. The molecular weight excluding hydrogens is 341 g/mol. The average molecular weight is 361 g/mol. The number of benzene rings is 1. The Kier molecular flexibility index (Phi) is 4.92. The van der Waals surface area contributed by atoms with E-state index in [-0.39, 0.29) is 17.6 Å². The maximum Gasteiger partial charge on any atom is 0.255 e. The second-order valence-corrected chi connectivity index (χ2v) is 6.79. The van der Waals surface area contributed by atoms with Crippen LogP contribution in [0.2, 0.25) is 0 Å². The van der Waals surface area contributed by atoms with Crippen molar-refractivity contribution in [2.24, 2.45) is 0 Å². The molecule has 4 rings (SSSR count). The molecule has 1 aliphatic rings. The van der Waals surface area contributed by atoms with E-state index in [9.17, 15) is 9.18 Å². The number of hydrogen-bond acceptors (Lipinski definition) is 3. The molecule has 136 valence electrons. The minimum atomic E-state index is -0.273. The van der Waals surface area contributed by atoms with Gasteiger partial charge < -0.3 is 4.90 Å². The number of piperidine rings is 1. The van der Waals surface area contributed by atoms with Gasteiger partial charge in [-0.05, 0) is 49.2 Å². The fraction of sp³-hybridized carbons (Fsp3) is 0.227. The number of halogens is 1. The highest BCUT2D eigenvalue weighted by Crippen LogP contribution is 2.28. The SMILES string of the molecule is O=C(c1cccnc1)N1CCCC(c2cccc(-c3cccc(F)c3)n2)C1. The van der Waals surface area contributed by atoms with Crippen molar-refractivity contribution in [2.75, 3.05) is 13.1 Å². The Labute approximate surface area is 157 Å². The zero-order chi connectivity index (χ0) is 18.6. The first-order valence-electron chi connectivity index (χ1n) is 9.13. The molecule has 0 bridgehead atoms. The molecule has 1 atom stereocenters. The van der Waals surface area contributed by atoms with Gasteiger partial charge in [-0.3, -0.25) is 14.8 Å². The predicted octanol–water partition coefficient (Wildman–Crippen LogP) is 4.30. The van der Waals surface area contributed by atoms with E-state index in [1.165, 1.54) is 12.1 Å².